The molecule has 1 aromatic heterocycles. The van der Waals surface area contributed by atoms with E-state index in [0.717, 1.165) is 30.7 Å². The molecule has 0 radical (unpaired) electrons. The second kappa shape index (κ2) is 8.30. The summed E-state index contributed by atoms with van der Waals surface area (Å²) < 4.78 is 26.5. The van der Waals surface area contributed by atoms with Gasteiger partial charge in [-0.15, -0.1) is 23.7 Å². The molecule has 2 heterocycles. The third-order valence-corrected chi connectivity index (χ3v) is 6.07. The molecule has 0 aromatic carbocycles. The van der Waals surface area contributed by atoms with Gasteiger partial charge >= 0.3 is 0 Å². The van der Waals surface area contributed by atoms with E-state index in [1.165, 1.54) is 12.1 Å². The largest absolute Gasteiger partial charge is 0.353 e. The summed E-state index contributed by atoms with van der Waals surface area (Å²) in [5, 5.41) is 5.95. The highest BCUT2D eigenvalue weighted by molar-refractivity contribution is 7.91. The monoisotopic (exact) mass is 373 g/mol. The van der Waals surface area contributed by atoms with Gasteiger partial charge in [-0.05, 0) is 31.5 Å². The number of thiophene rings is 1. The van der Waals surface area contributed by atoms with E-state index < -0.39 is 10.0 Å². The fourth-order valence-electron chi connectivity index (χ4n) is 1.90. The number of carbonyl (C=O) groups is 1. The minimum atomic E-state index is -3.66. The minimum Gasteiger partial charge on any atom is -0.353 e. The van der Waals surface area contributed by atoms with E-state index in [-0.39, 0.29) is 35.1 Å². The van der Waals surface area contributed by atoms with Gasteiger partial charge in [0.1, 0.15) is 4.21 Å². The van der Waals surface area contributed by atoms with Gasteiger partial charge in [0.2, 0.25) is 5.91 Å². The summed E-state index contributed by atoms with van der Waals surface area (Å²) >= 11 is 6.65. The fraction of sp³-hybridized carbons (Fsp3) is 0.545. The molecule has 1 fully saturated rings. The third-order valence-electron chi connectivity index (χ3n) is 2.94. The minimum absolute atomic E-state index is 0. The summed E-state index contributed by atoms with van der Waals surface area (Å²) in [6.07, 6.45) is 2.13. The van der Waals surface area contributed by atoms with Crippen molar-refractivity contribution in [3.8, 4) is 0 Å². The predicted molar refractivity (Wildman–Crippen MR) is 85.8 cm³/mol. The van der Waals surface area contributed by atoms with E-state index in [2.05, 4.69) is 15.4 Å². The van der Waals surface area contributed by atoms with Crippen LogP contribution in [0.15, 0.2) is 16.3 Å². The van der Waals surface area contributed by atoms with Crippen molar-refractivity contribution >= 4 is 51.3 Å². The number of hydrogen-bond acceptors (Lipinski definition) is 5. The smallest absolute Gasteiger partial charge is 0.250 e. The van der Waals surface area contributed by atoms with Gasteiger partial charge in [-0.25, -0.2) is 13.1 Å². The van der Waals surface area contributed by atoms with Crippen LogP contribution in [0.1, 0.15) is 12.8 Å². The number of amides is 1. The Morgan fingerprint density at radius 3 is 2.81 bits per heavy atom. The molecule has 0 bridgehead atoms. The van der Waals surface area contributed by atoms with E-state index in [1.807, 2.05) is 0 Å². The molecule has 3 N–H and O–H groups in total. The molecule has 1 amide bonds. The highest BCUT2D eigenvalue weighted by atomic mass is 35.5. The standard InChI is InChI=1S/C11H16ClN3O3S2.ClH/c12-9-3-4-11(19-9)20(17,18)15-7-10(16)14-6-8-2-1-5-13-8;/h3-4,8,13,15H,1-2,5-7H2,(H,14,16);1H. The second-order valence-corrected chi connectivity index (χ2v) is 8.19. The lowest BCUT2D eigenvalue weighted by molar-refractivity contribution is -0.120. The van der Waals surface area contributed by atoms with Crippen molar-refractivity contribution in [3.05, 3.63) is 16.5 Å². The molecular weight excluding hydrogens is 357 g/mol. The third kappa shape index (κ3) is 5.72. The van der Waals surface area contributed by atoms with Crippen molar-refractivity contribution in [2.75, 3.05) is 19.6 Å². The Morgan fingerprint density at radius 2 is 2.24 bits per heavy atom. The Balaban J connectivity index is 0.00000220. The highest BCUT2D eigenvalue weighted by Gasteiger charge is 2.19. The Bertz CT molecular complexity index is 571. The molecule has 1 saturated heterocycles. The summed E-state index contributed by atoms with van der Waals surface area (Å²) in [6.45, 7) is 1.21. The topological polar surface area (TPSA) is 87.3 Å². The molecule has 6 nitrogen and oxygen atoms in total. The normalized spacial score (nSPS) is 18.2. The van der Waals surface area contributed by atoms with E-state index in [9.17, 15) is 13.2 Å². The van der Waals surface area contributed by atoms with Gasteiger partial charge in [-0.3, -0.25) is 4.79 Å². The van der Waals surface area contributed by atoms with Crippen LogP contribution in [0.25, 0.3) is 0 Å². The van der Waals surface area contributed by atoms with E-state index >= 15 is 0 Å². The molecule has 21 heavy (non-hydrogen) atoms. The quantitative estimate of drug-likeness (QED) is 0.693. The van der Waals surface area contributed by atoms with Crippen LogP contribution in [0.5, 0.6) is 0 Å². The number of rotatable bonds is 6. The Kier molecular flexibility index (Phi) is 7.38. The van der Waals surface area contributed by atoms with Crippen molar-refractivity contribution in [2.24, 2.45) is 0 Å². The van der Waals surface area contributed by atoms with Gasteiger partial charge in [-0.1, -0.05) is 11.6 Å². The average molecular weight is 374 g/mol. The molecule has 1 aromatic rings. The van der Waals surface area contributed by atoms with Crippen LogP contribution < -0.4 is 15.4 Å². The number of hydrogen-bond donors (Lipinski definition) is 3. The van der Waals surface area contributed by atoms with Gasteiger partial charge in [0, 0.05) is 12.6 Å². The highest BCUT2D eigenvalue weighted by Crippen LogP contribution is 2.25. The molecule has 2 rings (SSSR count). The summed E-state index contributed by atoms with van der Waals surface area (Å²) in [5.74, 6) is -0.343. The first-order valence-electron chi connectivity index (χ1n) is 6.22. The second-order valence-electron chi connectivity index (χ2n) is 4.48. The van der Waals surface area contributed by atoms with E-state index in [1.54, 1.807) is 0 Å². The van der Waals surface area contributed by atoms with Gasteiger partial charge in [0.15, 0.2) is 0 Å². The lowest BCUT2D eigenvalue weighted by Gasteiger charge is -2.11. The van der Waals surface area contributed by atoms with Gasteiger partial charge < -0.3 is 10.6 Å². The molecular formula is C11H17Cl2N3O3S2. The number of nitrogens with one attached hydrogen (secondary N) is 3. The van der Waals surface area contributed by atoms with Crippen molar-refractivity contribution < 1.29 is 13.2 Å². The summed E-state index contributed by atoms with van der Waals surface area (Å²) in [7, 11) is -3.66. The molecule has 1 unspecified atom stereocenters. The first-order valence-corrected chi connectivity index (χ1v) is 8.90. The van der Waals surface area contributed by atoms with Crippen molar-refractivity contribution in [3.63, 3.8) is 0 Å². The number of halogens is 2. The van der Waals surface area contributed by atoms with Gasteiger partial charge in [0.05, 0.1) is 10.9 Å². The summed E-state index contributed by atoms with van der Waals surface area (Å²) in [5.41, 5.74) is 0. The van der Waals surface area contributed by atoms with Gasteiger partial charge in [-0.2, -0.15) is 0 Å². The SMILES string of the molecule is Cl.O=C(CNS(=O)(=O)c1ccc(Cl)s1)NCC1CCCN1. The van der Waals surface area contributed by atoms with Gasteiger partial charge in [0.25, 0.3) is 10.0 Å². The maximum absolute atomic E-state index is 11.9. The molecule has 1 aliphatic rings. The zero-order chi connectivity index (χ0) is 14.6. The number of sulfonamides is 1. The van der Waals surface area contributed by atoms with E-state index in [4.69, 9.17) is 11.6 Å². The van der Waals surface area contributed by atoms with Crippen molar-refractivity contribution in [2.45, 2.75) is 23.1 Å². The van der Waals surface area contributed by atoms with Crippen LogP contribution in [0, 0.1) is 0 Å². The van der Waals surface area contributed by atoms with Crippen LogP contribution in [0.2, 0.25) is 4.34 Å². The van der Waals surface area contributed by atoms with Crippen LogP contribution >= 0.6 is 35.3 Å². The Hall–Kier alpha value is -0.380. The molecule has 1 aliphatic heterocycles. The maximum atomic E-state index is 11.9. The maximum Gasteiger partial charge on any atom is 0.250 e. The van der Waals surface area contributed by atoms with Crippen LogP contribution in [-0.4, -0.2) is 40.0 Å². The zero-order valence-electron chi connectivity index (χ0n) is 11.1. The zero-order valence-corrected chi connectivity index (χ0v) is 14.3. The number of carbonyl (C=O) groups excluding carboxylic acids is 1. The van der Waals surface area contributed by atoms with Crippen molar-refractivity contribution in [1.82, 2.24) is 15.4 Å². The predicted octanol–water partition coefficient (Wildman–Crippen LogP) is 0.970. The van der Waals surface area contributed by atoms with Crippen molar-refractivity contribution in [1.29, 1.82) is 0 Å². The summed E-state index contributed by atoms with van der Waals surface area (Å²) in [4.78, 5) is 11.6. The lowest BCUT2D eigenvalue weighted by atomic mass is 10.2. The molecule has 0 saturated carbocycles. The molecule has 0 aliphatic carbocycles. The lowest BCUT2D eigenvalue weighted by Crippen LogP contribution is -2.42. The summed E-state index contributed by atoms with van der Waals surface area (Å²) in [6, 6.07) is 3.20. The molecule has 0 spiro atoms. The first kappa shape index (κ1) is 18.7. The molecule has 10 heteroatoms. The Labute approximate surface area is 139 Å². The Morgan fingerprint density at radius 1 is 1.48 bits per heavy atom. The van der Waals surface area contributed by atoms with Crippen LogP contribution in [-0.2, 0) is 14.8 Å². The fourth-order valence-corrected chi connectivity index (χ4v) is 4.41. The van der Waals surface area contributed by atoms with Crippen LogP contribution in [0.3, 0.4) is 0 Å². The first-order chi connectivity index (χ1) is 9.47. The molecule has 1 atom stereocenters. The van der Waals surface area contributed by atoms with Crippen LogP contribution in [0.4, 0.5) is 0 Å². The molecule has 120 valence electrons. The average Bonchev–Trinajstić information content (AvgIpc) is 3.05. The van der Waals surface area contributed by atoms with E-state index in [0.29, 0.717) is 10.9 Å².